The minimum Gasteiger partial charge on any atom is -0.353 e. The van der Waals surface area contributed by atoms with Gasteiger partial charge in [0.1, 0.15) is 0 Å². The summed E-state index contributed by atoms with van der Waals surface area (Å²) in [4.78, 5) is 12.4. The number of nitrogens with one attached hydrogen (secondary N) is 2. The molecule has 0 aliphatic heterocycles. The van der Waals surface area contributed by atoms with Gasteiger partial charge in [0.15, 0.2) is 0 Å². The van der Waals surface area contributed by atoms with Crippen LogP contribution in [0.25, 0.3) is 0 Å². The molecule has 4 nitrogen and oxygen atoms in total. The molecule has 2 rings (SSSR count). The van der Waals surface area contributed by atoms with E-state index in [0.29, 0.717) is 13.0 Å². The van der Waals surface area contributed by atoms with E-state index >= 15 is 0 Å². The zero-order valence-corrected chi connectivity index (χ0v) is 16.6. The molecule has 25 heavy (non-hydrogen) atoms. The van der Waals surface area contributed by atoms with Crippen molar-refractivity contribution in [3.8, 4) is 0 Å². The fourth-order valence-electron chi connectivity index (χ4n) is 3.79. The van der Waals surface area contributed by atoms with E-state index in [9.17, 15) is 4.79 Å². The molecule has 0 saturated heterocycles. The van der Waals surface area contributed by atoms with Crippen molar-refractivity contribution in [1.29, 1.82) is 0 Å². The Kier molecular flexibility index (Phi) is 8.39. The second-order valence-corrected chi connectivity index (χ2v) is 7.61. The molecule has 1 fully saturated rings. The fraction of sp³-hybridized carbons (Fsp3) is 0.650. The maximum atomic E-state index is 12.4. The van der Waals surface area contributed by atoms with Gasteiger partial charge >= 0.3 is 0 Å². The molecular weight excluding hydrogens is 334 g/mol. The van der Waals surface area contributed by atoms with E-state index in [1.54, 1.807) is 0 Å². The summed E-state index contributed by atoms with van der Waals surface area (Å²) in [6.07, 6.45) is 6.23. The van der Waals surface area contributed by atoms with Crippen LogP contribution in [0, 0.1) is 0 Å². The van der Waals surface area contributed by atoms with Gasteiger partial charge in [0.25, 0.3) is 0 Å². The largest absolute Gasteiger partial charge is 0.353 e. The molecule has 0 aromatic heterocycles. The lowest BCUT2D eigenvalue weighted by Crippen LogP contribution is -2.58. The van der Waals surface area contributed by atoms with Crippen LogP contribution in [0.5, 0.6) is 0 Å². The maximum absolute atomic E-state index is 12.4. The van der Waals surface area contributed by atoms with Crippen LogP contribution < -0.4 is 16.4 Å². The van der Waals surface area contributed by atoms with E-state index in [0.717, 1.165) is 19.3 Å². The van der Waals surface area contributed by atoms with E-state index in [-0.39, 0.29) is 29.9 Å². The first-order valence-electron chi connectivity index (χ1n) is 9.28. The molecule has 1 aromatic rings. The SMILES string of the molecule is CCCC(C)(N)C(=O)NCC1(NC(C)c2ccccc2)CCCC1.Cl. The summed E-state index contributed by atoms with van der Waals surface area (Å²) in [5.41, 5.74) is 6.64. The molecule has 1 aromatic carbocycles. The van der Waals surface area contributed by atoms with Gasteiger partial charge in [-0.25, -0.2) is 0 Å². The molecule has 2 atom stereocenters. The van der Waals surface area contributed by atoms with Gasteiger partial charge in [-0.3, -0.25) is 4.79 Å². The summed E-state index contributed by atoms with van der Waals surface area (Å²) in [5.74, 6) is -0.0372. The Labute approximate surface area is 158 Å². The first-order valence-corrected chi connectivity index (χ1v) is 9.28. The average molecular weight is 368 g/mol. The number of nitrogens with two attached hydrogens (primary N) is 1. The zero-order valence-electron chi connectivity index (χ0n) is 15.8. The molecule has 0 radical (unpaired) electrons. The lowest BCUT2D eigenvalue weighted by Gasteiger charge is -2.35. The molecule has 4 N–H and O–H groups in total. The third-order valence-electron chi connectivity index (χ3n) is 5.26. The minimum atomic E-state index is -0.778. The topological polar surface area (TPSA) is 67.2 Å². The Morgan fingerprint density at radius 2 is 1.88 bits per heavy atom. The molecule has 1 amide bonds. The summed E-state index contributed by atoms with van der Waals surface area (Å²) in [5, 5.41) is 6.91. The third kappa shape index (κ3) is 5.98. The summed E-state index contributed by atoms with van der Waals surface area (Å²) in [6.45, 7) is 6.73. The summed E-state index contributed by atoms with van der Waals surface area (Å²) in [7, 11) is 0. The van der Waals surface area contributed by atoms with Crippen molar-refractivity contribution in [2.45, 2.75) is 76.4 Å². The number of carbonyl (C=O) groups is 1. The monoisotopic (exact) mass is 367 g/mol. The minimum absolute atomic E-state index is 0. The predicted octanol–water partition coefficient (Wildman–Crippen LogP) is 3.71. The Morgan fingerprint density at radius 1 is 1.28 bits per heavy atom. The van der Waals surface area contributed by atoms with Gasteiger partial charge < -0.3 is 16.4 Å². The molecule has 0 heterocycles. The molecule has 1 aliphatic carbocycles. The second-order valence-electron chi connectivity index (χ2n) is 7.61. The highest BCUT2D eigenvalue weighted by Crippen LogP contribution is 2.32. The van der Waals surface area contributed by atoms with Gasteiger partial charge in [0.05, 0.1) is 5.54 Å². The van der Waals surface area contributed by atoms with Crippen molar-refractivity contribution in [2.24, 2.45) is 5.73 Å². The quantitative estimate of drug-likeness (QED) is 0.656. The standard InChI is InChI=1S/C20H33N3O.ClH/c1-4-12-19(3,21)18(24)22-15-20(13-8-9-14-20)23-16(2)17-10-6-5-7-11-17;/h5-7,10-11,16,23H,4,8-9,12-15,21H2,1-3H3,(H,22,24);1H. The first-order chi connectivity index (χ1) is 11.4. The lowest BCUT2D eigenvalue weighted by molar-refractivity contribution is -0.126. The van der Waals surface area contributed by atoms with Crippen molar-refractivity contribution >= 4 is 18.3 Å². The Morgan fingerprint density at radius 3 is 2.44 bits per heavy atom. The average Bonchev–Trinajstić information content (AvgIpc) is 3.02. The van der Waals surface area contributed by atoms with Crippen LogP contribution in [0.3, 0.4) is 0 Å². The van der Waals surface area contributed by atoms with E-state index < -0.39 is 5.54 Å². The summed E-state index contributed by atoms with van der Waals surface area (Å²) < 4.78 is 0. The highest BCUT2D eigenvalue weighted by Gasteiger charge is 2.37. The van der Waals surface area contributed by atoms with Crippen LogP contribution in [0.4, 0.5) is 0 Å². The molecule has 0 bridgehead atoms. The second kappa shape index (κ2) is 9.56. The molecule has 5 heteroatoms. The van der Waals surface area contributed by atoms with Crippen molar-refractivity contribution < 1.29 is 4.79 Å². The van der Waals surface area contributed by atoms with Gasteiger partial charge in [0.2, 0.25) is 5.91 Å². The van der Waals surface area contributed by atoms with Gasteiger partial charge in [-0.1, -0.05) is 56.5 Å². The van der Waals surface area contributed by atoms with Crippen LogP contribution in [-0.2, 0) is 4.79 Å². The van der Waals surface area contributed by atoms with Crippen LogP contribution in [0.1, 0.15) is 70.9 Å². The van der Waals surface area contributed by atoms with E-state index in [4.69, 9.17) is 5.73 Å². The zero-order chi connectivity index (χ0) is 17.6. The maximum Gasteiger partial charge on any atom is 0.239 e. The number of hydrogen-bond acceptors (Lipinski definition) is 3. The van der Waals surface area contributed by atoms with Crippen LogP contribution in [0.15, 0.2) is 30.3 Å². The number of benzene rings is 1. The van der Waals surface area contributed by atoms with Gasteiger partial charge in [-0.05, 0) is 38.7 Å². The number of amides is 1. The first kappa shape index (κ1) is 21.9. The Bertz CT molecular complexity index is 527. The summed E-state index contributed by atoms with van der Waals surface area (Å²) in [6, 6.07) is 10.7. The van der Waals surface area contributed by atoms with E-state index in [1.165, 1.54) is 18.4 Å². The van der Waals surface area contributed by atoms with E-state index in [2.05, 4.69) is 48.7 Å². The molecular formula is C20H34ClN3O. The molecule has 1 aliphatic rings. The Balaban J connectivity index is 0.00000312. The number of rotatable bonds is 8. The number of carbonyl (C=O) groups excluding carboxylic acids is 1. The highest BCUT2D eigenvalue weighted by molar-refractivity contribution is 5.85. The van der Waals surface area contributed by atoms with Crippen molar-refractivity contribution in [1.82, 2.24) is 10.6 Å². The predicted molar refractivity (Wildman–Crippen MR) is 107 cm³/mol. The number of hydrogen-bond donors (Lipinski definition) is 3. The van der Waals surface area contributed by atoms with Crippen LogP contribution >= 0.6 is 12.4 Å². The normalized spacial score (nSPS) is 19.5. The molecule has 2 unspecified atom stereocenters. The van der Waals surface area contributed by atoms with Gasteiger partial charge in [0, 0.05) is 18.1 Å². The van der Waals surface area contributed by atoms with Gasteiger partial charge in [-0.2, -0.15) is 0 Å². The highest BCUT2D eigenvalue weighted by atomic mass is 35.5. The van der Waals surface area contributed by atoms with Gasteiger partial charge in [-0.15, -0.1) is 12.4 Å². The molecule has 142 valence electrons. The third-order valence-corrected chi connectivity index (χ3v) is 5.26. The van der Waals surface area contributed by atoms with Crippen molar-refractivity contribution in [3.63, 3.8) is 0 Å². The van der Waals surface area contributed by atoms with Crippen LogP contribution in [-0.4, -0.2) is 23.5 Å². The smallest absolute Gasteiger partial charge is 0.239 e. The lowest BCUT2D eigenvalue weighted by atomic mass is 9.92. The molecule has 1 saturated carbocycles. The fourth-order valence-corrected chi connectivity index (χ4v) is 3.79. The van der Waals surface area contributed by atoms with E-state index in [1.807, 2.05) is 13.0 Å². The molecule has 0 spiro atoms. The number of halogens is 1. The van der Waals surface area contributed by atoms with Crippen LogP contribution in [0.2, 0.25) is 0 Å². The van der Waals surface area contributed by atoms with Crippen molar-refractivity contribution in [2.75, 3.05) is 6.54 Å². The van der Waals surface area contributed by atoms with Crippen molar-refractivity contribution in [3.05, 3.63) is 35.9 Å². The Hall–Kier alpha value is -1.10. The summed E-state index contributed by atoms with van der Waals surface area (Å²) >= 11 is 0.